The highest BCUT2D eigenvalue weighted by Crippen LogP contribution is 2.29. The van der Waals surface area contributed by atoms with Crippen molar-refractivity contribution in [3.8, 4) is 0 Å². The second-order valence-electron chi connectivity index (χ2n) is 5.04. The standard InChI is InChI=1S/C15H12ClN3O6/c1-6(20)11-7(2)25-15(12(11)13(17)21)18-14(22)8-3-4-9(16)10(5-8)19(23)24/h3-5H,1-2H3,(H2,17,21)(H,18,22). The minimum absolute atomic E-state index is 0.0371. The Bertz CT molecular complexity index is 918. The summed E-state index contributed by atoms with van der Waals surface area (Å²) in [4.78, 5) is 45.7. The molecule has 3 N–H and O–H groups in total. The van der Waals surface area contributed by atoms with E-state index in [9.17, 15) is 24.5 Å². The molecule has 0 aliphatic rings. The zero-order valence-corrected chi connectivity index (χ0v) is 13.8. The second kappa shape index (κ2) is 6.73. The number of Topliss-reactive ketones (excluding diaryl/α,β-unsaturated/α-hetero) is 1. The third-order valence-corrected chi connectivity index (χ3v) is 3.63. The molecule has 0 radical (unpaired) electrons. The number of carbonyl (C=O) groups is 3. The van der Waals surface area contributed by atoms with E-state index in [-0.39, 0.29) is 33.4 Å². The Morgan fingerprint density at radius 3 is 2.44 bits per heavy atom. The molecule has 2 rings (SSSR count). The fraction of sp³-hybridized carbons (Fsp3) is 0.133. The maximum atomic E-state index is 12.3. The first kappa shape index (κ1) is 18.1. The number of furan rings is 1. The Morgan fingerprint density at radius 2 is 1.92 bits per heavy atom. The van der Waals surface area contributed by atoms with Crippen molar-refractivity contribution in [1.29, 1.82) is 0 Å². The first-order chi connectivity index (χ1) is 11.6. The summed E-state index contributed by atoms with van der Waals surface area (Å²) in [5.41, 5.74) is 4.41. The number of primary amides is 1. The van der Waals surface area contributed by atoms with Gasteiger partial charge < -0.3 is 10.2 Å². The fourth-order valence-electron chi connectivity index (χ4n) is 2.26. The van der Waals surface area contributed by atoms with Gasteiger partial charge in [-0.3, -0.25) is 29.8 Å². The van der Waals surface area contributed by atoms with E-state index in [4.69, 9.17) is 21.8 Å². The first-order valence-corrected chi connectivity index (χ1v) is 7.20. The smallest absolute Gasteiger partial charge is 0.288 e. The van der Waals surface area contributed by atoms with Crippen molar-refractivity contribution < 1.29 is 23.7 Å². The van der Waals surface area contributed by atoms with Crippen molar-refractivity contribution in [2.45, 2.75) is 13.8 Å². The summed E-state index contributed by atoms with van der Waals surface area (Å²) in [7, 11) is 0. The van der Waals surface area contributed by atoms with E-state index in [0.717, 1.165) is 6.07 Å². The minimum Gasteiger partial charge on any atom is -0.444 e. The van der Waals surface area contributed by atoms with Crippen molar-refractivity contribution in [3.63, 3.8) is 0 Å². The summed E-state index contributed by atoms with van der Waals surface area (Å²) in [6.07, 6.45) is 0. The molecule has 1 aromatic carbocycles. The number of nitro benzene ring substituents is 1. The van der Waals surface area contributed by atoms with E-state index in [1.165, 1.54) is 26.0 Å². The van der Waals surface area contributed by atoms with Gasteiger partial charge in [-0.25, -0.2) is 0 Å². The van der Waals surface area contributed by atoms with Crippen LogP contribution in [0.5, 0.6) is 0 Å². The number of ketones is 1. The summed E-state index contributed by atoms with van der Waals surface area (Å²) in [6.45, 7) is 2.66. The minimum atomic E-state index is -0.959. The van der Waals surface area contributed by atoms with E-state index in [1.807, 2.05) is 0 Å². The Balaban J connectivity index is 2.44. The molecule has 0 aliphatic carbocycles. The van der Waals surface area contributed by atoms with Crippen LogP contribution in [-0.4, -0.2) is 22.5 Å². The Morgan fingerprint density at radius 1 is 1.28 bits per heavy atom. The van der Waals surface area contributed by atoms with Crippen LogP contribution >= 0.6 is 11.6 Å². The molecule has 0 fully saturated rings. The molecule has 0 bridgehead atoms. The zero-order chi connectivity index (χ0) is 18.9. The molecule has 0 unspecified atom stereocenters. The number of benzene rings is 1. The van der Waals surface area contributed by atoms with Crippen molar-refractivity contribution in [2.75, 3.05) is 5.32 Å². The third-order valence-electron chi connectivity index (χ3n) is 3.31. The summed E-state index contributed by atoms with van der Waals surface area (Å²) in [5, 5.41) is 13.0. The van der Waals surface area contributed by atoms with Gasteiger partial charge in [-0.2, -0.15) is 0 Å². The molecule has 2 aromatic rings. The van der Waals surface area contributed by atoms with Crippen molar-refractivity contribution in [2.24, 2.45) is 5.73 Å². The number of hydrogen-bond acceptors (Lipinski definition) is 6. The quantitative estimate of drug-likeness (QED) is 0.473. The van der Waals surface area contributed by atoms with Gasteiger partial charge in [0.05, 0.1) is 10.5 Å². The predicted molar refractivity (Wildman–Crippen MR) is 88.0 cm³/mol. The number of nitrogens with two attached hydrogens (primary N) is 1. The lowest BCUT2D eigenvalue weighted by atomic mass is 10.1. The number of nitrogens with zero attached hydrogens (tertiary/aromatic N) is 1. The normalized spacial score (nSPS) is 10.4. The van der Waals surface area contributed by atoms with Gasteiger partial charge in [-0.1, -0.05) is 11.6 Å². The van der Waals surface area contributed by atoms with Crippen LogP contribution in [0.3, 0.4) is 0 Å². The van der Waals surface area contributed by atoms with Crippen LogP contribution in [0.15, 0.2) is 22.6 Å². The number of carbonyl (C=O) groups excluding carboxylic acids is 3. The maximum Gasteiger partial charge on any atom is 0.288 e. The van der Waals surface area contributed by atoms with Crippen LogP contribution in [0.1, 0.15) is 43.8 Å². The summed E-state index contributed by atoms with van der Waals surface area (Å²) in [6, 6.07) is 3.43. The number of hydrogen-bond donors (Lipinski definition) is 2. The number of halogens is 1. The number of rotatable bonds is 5. The van der Waals surface area contributed by atoms with E-state index >= 15 is 0 Å². The monoisotopic (exact) mass is 365 g/mol. The summed E-state index contributed by atoms with van der Waals surface area (Å²) >= 11 is 5.69. The van der Waals surface area contributed by atoms with Gasteiger partial charge in [0.25, 0.3) is 17.5 Å². The molecule has 0 saturated heterocycles. The lowest BCUT2D eigenvalue weighted by molar-refractivity contribution is -0.384. The average molecular weight is 366 g/mol. The topological polar surface area (TPSA) is 146 Å². The largest absolute Gasteiger partial charge is 0.444 e. The highest BCUT2D eigenvalue weighted by atomic mass is 35.5. The average Bonchev–Trinajstić information content (AvgIpc) is 2.83. The fourth-order valence-corrected chi connectivity index (χ4v) is 2.45. The molecule has 130 valence electrons. The number of nitrogens with one attached hydrogen (secondary N) is 1. The molecular formula is C15H12ClN3O6. The van der Waals surface area contributed by atoms with Gasteiger partial charge in [-0.05, 0) is 26.0 Å². The van der Waals surface area contributed by atoms with Crippen LogP contribution < -0.4 is 11.1 Å². The van der Waals surface area contributed by atoms with Crippen LogP contribution in [0.2, 0.25) is 5.02 Å². The van der Waals surface area contributed by atoms with Gasteiger partial charge in [0, 0.05) is 11.6 Å². The number of nitro groups is 1. The zero-order valence-electron chi connectivity index (χ0n) is 13.1. The summed E-state index contributed by atoms with van der Waals surface area (Å²) < 4.78 is 5.25. The Hall–Kier alpha value is -3.20. The first-order valence-electron chi connectivity index (χ1n) is 6.83. The van der Waals surface area contributed by atoms with Crippen LogP contribution in [0.25, 0.3) is 0 Å². The van der Waals surface area contributed by atoms with Crippen LogP contribution in [-0.2, 0) is 0 Å². The number of aryl methyl sites for hydroxylation is 1. The second-order valence-corrected chi connectivity index (χ2v) is 5.44. The van der Waals surface area contributed by atoms with Gasteiger partial charge in [0.15, 0.2) is 5.78 Å². The number of amides is 2. The molecule has 25 heavy (non-hydrogen) atoms. The van der Waals surface area contributed by atoms with Gasteiger partial charge >= 0.3 is 0 Å². The van der Waals surface area contributed by atoms with Crippen molar-refractivity contribution >= 4 is 40.8 Å². The van der Waals surface area contributed by atoms with E-state index in [2.05, 4.69) is 5.32 Å². The maximum absolute atomic E-state index is 12.3. The molecule has 1 aromatic heterocycles. The lowest BCUT2D eigenvalue weighted by Gasteiger charge is -2.05. The third kappa shape index (κ3) is 3.50. The van der Waals surface area contributed by atoms with Gasteiger partial charge in [-0.15, -0.1) is 0 Å². The van der Waals surface area contributed by atoms with Crippen LogP contribution in [0, 0.1) is 17.0 Å². The molecule has 0 spiro atoms. The van der Waals surface area contributed by atoms with Crippen molar-refractivity contribution in [1.82, 2.24) is 0 Å². The molecule has 0 saturated carbocycles. The summed E-state index contributed by atoms with van der Waals surface area (Å²) in [5.74, 6) is -2.42. The number of anilines is 1. The Kier molecular flexibility index (Phi) is 4.89. The molecule has 10 heteroatoms. The van der Waals surface area contributed by atoms with E-state index in [1.54, 1.807) is 0 Å². The lowest BCUT2D eigenvalue weighted by Crippen LogP contribution is -2.19. The predicted octanol–water partition coefficient (Wildman–Crippen LogP) is 2.70. The molecule has 0 aliphatic heterocycles. The molecular weight excluding hydrogens is 354 g/mol. The molecule has 9 nitrogen and oxygen atoms in total. The SMILES string of the molecule is CC(=O)c1c(C)oc(NC(=O)c2ccc(Cl)c([N+](=O)[O-])c2)c1C(N)=O. The molecule has 2 amide bonds. The van der Waals surface area contributed by atoms with Crippen molar-refractivity contribution in [3.05, 3.63) is 55.8 Å². The van der Waals surface area contributed by atoms with E-state index in [0.29, 0.717) is 0 Å². The van der Waals surface area contributed by atoms with Crippen LogP contribution in [0.4, 0.5) is 11.6 Å². The highest BCUT2D eigenvalue weighted by molar-refractivity contribution is 6.32. The highest BCUT2D eigenvalue weighted by Gasteiger charge is 2.27. The van der Waals surface area contributed by atoms with E-state index < -0.39 is 28.2 Å². The molecule has 1 heterocycles. The van der Waals surface area contributed by atoms with Gasteiger partial charge in [0.2, 0.25) is 5.88 Å². The van der Waals surface area contributed by atoms with Gasteiger partial charge in [0.1, 0.15) is 16.3 Å². The molecule has 0 atom stereocenters. The Labute approximate surface area is 145 Å².